The van der Waals surface area contributed by atoms with Gasteiger partial charge in [-0.3, -0.25) is 5.32 Å². The molecule has 0 aromatic carbocycles. The van der Waals surface area contributed by atoms with E-state index in [1.165, 1.54) is 11.1 Å². The maximum absolute atomic E-state index is 13.7. The van der Waals surface area contributed by atoms with E-state index in [0.717, 1.165) is 12.1 Å². The number of aromatic nitrogens is 2. The van der Waals surface area contributed by atoms with Gasteiger partial charge in [0.05, 0.1) is 17.3 Å². The Kier molecular flexibility index (Phi) is 5.05. The predicted octanol–water partition coefficient (Wildman–Crippen LogP) is 3.50. The molecule has 0 bridgehead atoms. The molecule has 1 saturated heterocycles. The summed E-state index contributed by atoms with van der Waals surface area (Å²) in [5.74, 6) is 0.638. The first-order valence-corrected chi connectivity index (χ1v) is 9.76. The minimum Gasteiger partial charge on any atom is -0.354 e. The number of rotatable bonds is 2. The zero-order valence-corrected chi connectivity index (χ0v) is 16.9. The van der Waals surface area contributed by atoms with E-state index in [0.29, 0.717) is 42.4 Å². The highest BCUT2D eigenvalue weighted by atomic mass is 19.4. The minimum absolute atomic E-state index is 0.149. The Morgan fingerprint density at radius 2 is 2.00 bits per heavy atom. The Morgan fingerprint density at radius 1 is 1.23 bits per heavy atom. The van der Waals surface area contributed by atoms with E-state index in [2.05, 4.69) is 20.6 Å². The molecule has 2 amide bonds. The van der Waals surface area contributed by atoms with Crippen LogP contribution in [0.1, 0.15) is 31.0 Å². The van der Waals surface area contributed by atoms with Crippen LogP contribution in [0.2, 0.25) is 0 Å². The Balaban J connectivity index is 1.86. The Bertz CT molecular complexity index is 979. The van der Waals surface area contributed by atoms with Crippen LogP contribution in [0.15, 0.2) is 24.4 Å². The Labute approximate surface area is 172 Å². The van der Waals surface area contributed by atoms with E-state index in [1.807, 2.05) is 18.7 Å². The lowest BCUT2D eigenvalue weighted by Crippen LogP contribution is -2.49. The number of anilines is 2. The summed E-state index contributed by atoms with van der Waals surface area (Å²) in [6.07, 6.45) is -3.03. The number of urea groups is 1. The first-order valence-electron chi connectivity index (χ1n) is 9.76. The molecule has 160 valence electrons. The highest BCUT2D eigenvalue weighted by Crippen LogP contribution is 2.40. The van der Waals surface area contributed by atoms with Gasteiger partial charge in [0.25, 0.3) is 0 Å². The summed E-state index contributed by atoms with van der Waals surface area (Å²) < 4.78 is 41.1. The van der Waals surface area contributed by atoms with Crippen LogP contribution in [0.5, 0.6) is 0 Å². The molecule has 1 fully saturated rings. The van der Waals surface area contributed by atoms with E-state index >= 15 is 0 Å². The summed E-state index contributed by atoms with van der Waals surface area (Å²) in [5, 5.41) is 5.97. The van der Waals surface area contributed by atoms with Gasteiger partial charge in [0.2, 0.25) is 0 Å². The number of piperazine rings is 1. The second-order valence-electron chi connectivity index (χ2n) is 7.74. The van der Waals surface area contributed by atoms with Crippen molar-refractivity contribution in [3.05, 3.63) is 35.5 Å². The van der Waals surface area contributed by atoms with E-state index in [-0.39, 0.29) is 23.8 Å². The molecule has 2 atom stereocenters. The van der Waals surface area contributed by atoms with Crippen LogP contribution in [-0.4, -0.2) is 53.6 Å². The molecule has 2 N–H and O–H groups in total. The number of amides is 2. The average Bonchev–Trinajstić information content (AvgIpc) is 2.70. The molecular weight excluding hydrogens is 397 g/mol. The maximum Gasteiger partial charge on any atom is 0.416 e. The lowest BCUT2D eigenvalue weighted by atomic mass is 9.96. The quantitative estimate of drug-likeness (QED) is 0.778. The smallest absolute Gasteiger partial charge is 0.354 e. The maximum atomic E-state index is 13.7. The highest BCUT2D eigenvalue weighted by molar-refractivity contribution is 5.93. The van der Waals surface area contributed by atoms with Gasteiger partial charge >= 0.3 is 12.2 Å². The number of pyridine rings is 2. The van der Waals surface area contributed by atoms with Crippen LogP contribution in [-0.2, 0) is 6.18 Å². The second-order valence-corrected chi connectivity index (χ2v) is 7.74. The lowest BCUT2D eigenvalue weighted by Gasteiger charge is -2.34. The van der Waals surface area contributed by atoms with E-state index in [1.54, 1.807) is 13.1 Å². The van der Waals surface area contributed by atoms with E-state index in [9.17, 15) is 18.0 Å². The summed E-state index contributed by atoms with van der Waals surface area (Å²) >= 11 is 0. The second kappa shape index (κ2) is 7.42. The van der Waals surface area contributed by atoms with Gasteiger partial charge in [0.15, 0.2) is 0 Å². The molecule has 2 aromatic rings. The molecule has 0 spiro atoms. The summed E-state index contributed by atoms with van der Waals surface area (Å²) in [4.78, 5) is 24.2. The van der Waals surface area contributed by atoms with Crippen molar-refractivity contribution in [3.8, 4) is 11.3 Å². The van der Waals surface area contributed by atoms with Gasteiger partial charge in [-0.25, -0.2) is 14.8 Å². The molecule has 0 saturated carbocycles. The van der Waals surface area contributed by atoms with Gasteiger partial charge < -0.3 is 15.1 Å². The van der Waals surface area contributed by atoms with Crippen molar-refractivity contribution >= 4 is 17.7 Å². The van der Waals surface area contributed by atoms with Gasteiger partial charge in [-0.2, -0.15) is 13.2 Å². The van der Waals surface area contributed by atoms with E-state index < -0.39 is 11.7 Å². The normalized spacial score (nSPS) is 22.0. The summed E-state index contributed by atoms with van der Waals surface area (Å²) in [5.41, 5.74) is 0.627. The summed E-state index contributed by atoms with van der Waals surface area (Å²) in [6.45, 7) is 5.61. The Morgan fingerprint density at radius 3 is 2.70 bits per heavy atom. The molecule has 4 heterocycles. The molecule has 2 aliphatic heterocycles. The number of carbonyl (C=O) groups is 1. The van der Waals surface area contributed by atoms with E-state index in [4.69, 9.17) is 0 Å². The number of carbonyl (C=O) groups excluding carboxylic acids is 1. The van der Waals surface area contributed by atoms with Crippen molar-refractivity contribution in [2.45, 2.75) is 32.1 Å². The summed E-state index contributed by atoms with van der Waals surface area (Å²) in [6, 6.07) is 3.29. The first-order chi connectivity index (χ1) is 14.1. The van der Waals surface area contributed by atoms with Crippen LogP contribution in [0.4, 0.5) is 29.6 Å². The van der Waals surface area contributed by atoms with Crippen LogP contribution >= 0.6 is 0 Å². The Hall–Kier alpha value is -2.88. The third kappa shape index (κ3) is 3.67. The van der Waals surface area contributed by atoms with Crippen molar-refractivity contribution in [2.75, 3.05) is 36.9 Å². The minimum atomic E-state index is -4.50. The van der Waals surface area contributed by atoms with Crippen molar-refractivity contribution < 1.29 is 18.0 Å². The van der Waals surface area contributed by atoms with Crippen LogP contribution in [0.25, 0.3) is 11.3 Å². The molecular formula is C20H23F3N6O. The molecule has 0 aliphatic carbocycles. The topological polar surface area (TPSA) is 73.4 Å². The number of hydrogen-bond donors (Lipinski definition) is 2. The summed E-state index contributed by atoms with van der Waals surface area (Å²) in [7, 11) is 1.63. The van der Waals surface area contributed by atoms with Crippen molar-refractivity contribution in [1.29, 1.82) is 0 Å². The molecule has 7 nitrogen and oxygen atoms in total. The predicted molar refractivity (Wildman–Crippen MR) is 107 cm³/mol. The number of fused-ring (bicyclic) bond motifs is 1. The molecule has 1 unspecified atom stereocenters. The average molecular weight is 420 g/mol. The van der Waals surface area contributed by atoms with Crippen molar-refractivity contribution in [3.63, 3.8) is 0 Å². The number of alkyl halides is 3. The molecule has 30 heavy (non-hydrogen) atoms. The van der Waals surface area contributed by atoms with Gasteiger partial charge in [-0.15, -0.1) is 0 Å². The van der Waals surface area contributed by atoms with Gasteiger partial charge in [0.1, 0.15) is 11.6 Å². The first kappa shape index (κ1) is 20.4. The molecule has 4 rings (SSSR count). The van der Waals surface area contributed by atoms with Crippen molar-refractivity contribution in [1.82, 2.24) is 20.2 Å². The molecule has 0 radical (unpaired) electrons. The monoisotopic (exact) mass is 420 g/mol. The molecule has 2 aliphatic rings. The van der Waals surface area contributed by atoms with Gasteiger partial charge in [0, 0.05) is 50.0 Å². The molecule has 10 heteroatoms. The number of halogens is 3. The SMILES string of the molecule is CC1c2c(-c3cc(C(F)(F)F)cc(N4CCN[C@@H](C)C4)n3)ccnc2NC(=O)N1C. The number of nitrogens with one attached hydrogen (secondary N) is 2. The zero-order valence-electron chi connectivity index (χ0n) is 16.9. The fourth-order valence-corrected chi connectivity index (χ4v) is 3.90. The third-order valence-corrected chi connectivity index (χ3v) is 5.64. The lowest BCUT2D eigenvalue weighted by molar-refractivity contribution is -0.137. The highest BCUT2D eigenvalue weighted by Gasteiger charge is 2.35. The third-order valence-electron chi connectivity index (χ3n) is 5.64. The van der Waals surface area contributed by atoms with Gasteiger partial charge in [-0.05, 0) is 32.0 Å². The van der Waals surface area contributed by atoms with Crippen molar-refractivity contribution in [2.24, 2.45) is 0 Å². The zero-order chi connectivity index (χ0) is 21.6. The number of nitrogens with zero attached hydrogens (tertiary/aromatic N) is 4. The fraction of sp³-hybridized carbons (Fsp3) is 0.450. The van der Waals surface area contributed by atoms with Crippen LogP contribution < -0.4 is 15.5 Å². The number of hydrogen-bond acceptors (Lipinski definition) is 5. The molecule has 2 aromatic heterocycles. The van der Waals surface area contributed by atoms with Gasteiger partial charge in [-0.1, -0.05) is 0 Å². The largest absolute Gasteiger partial charge is 0.416 e. The van der Waals surface area contributed by atoms with Crippen LogP contribution in [0.3, 0.4) is 0 Å². The standard InChI is InChI=1S/C20H23F3N6O/c1-11-10-29(7-6-24-11)16-9-13(20(21,22)23)8-15(26-16)14-4-5-25-18-17(14)12(2)28(3)19(30)27-18/h4-5,8-9,11-12,24H,6-7,10H2,1-3H3,(H,25,27,30)/t11-,12?/m0/s1. The van der Waals surface area contributed by atoms with Crippen LogP contribution in [0, 0.1) is 0 Å². The fourth-order valence-electron chi connectivity index (χ4n) is 3.90.